The third-order valence-electron chi connectivity index (χ3n) is 8.26. The van der Waals surface area contributed by atoms with E-state index in [9.17, 15) is 10.2 Å². The largest absolute Gasteiger partial charge is 0.504 e. The van der Waals surface area contributed by atoms with Gasteiger partial charge in [-0.15, -0.1) is 0 Å². The molecule has 1 aromatic rings. The van der Waals surface area contributed by atoms with Crippen LogP contribution in [0.2, 0.25) is 0 Å². The number of hydrogen-bond donors (Lipinski definition) is 2. The maximum Gasteiger partial charge on any atom is 0.200 e. The lowest BCUT2D eigenvalue weighted by Gasteiger charge is -2.36. The maximum absolute atomic E-state index is 10.6. The third-order valence-corrected chi connectivity index (χ3v) is 8.26. The van der Waals surface area contributed by atoms with Crippen LogP contribution >= 0.6 is 0 Å². The minimum atomic E-state index is -0.250. The van der Waals surface area contributed by atoms with Crippen LogP contribution in [-0.4, -0.2) is 15.8 Å². The lowest BCUT2D eigenvalue weighted by Crippen LogP contribution is -2.36. The normalized spacial score (nSPS) is 11.8. The van der Waals surface area contributed by atoms with Gasteiger partial charge in [-0.2, -0.15) is 0 Å². The van der Waals surface area contributed by atoms with Gasteiger partial charge in [-0.1, -0.05) is 149 Å². The molecular weight excluding hydrogens is 468 g/mol. The summed E-state index contributed by atoms with van der Waals surface area (Å²) in [6.07, 6.45) is 31.8. The summed E-state index contributed by atoms with van der Waals surface area (Å²) in [7, 11) is 0. The first kappa shape index (κ1) is 34.6. The Balaban J connectivity index is 2.79. The molecule has 222 valence electrons. The highest BCUT2D eigenvalue weighted by molar-refractivity contribution is 5.49. The Labute approximate surface area is 237 Å². The van der Waals surface area contributed by atoms with Gasteiger partial charge in [0.2, 0.25) is 5.75 Å². The van der Waals surface area contributed by atoms with Crippen LogP contribution in [0.4, 0.5) is 0 Å². The minimum absolute atomic E-state index is 0.0878. The van der Waals surface area contributed by atoms with E-state index < -0.39 is 0 Å². The molecule has 2 N–H and O–H groups in total. The molecule has 0 bridgehead atoms. The zero-order valence-corrected chi connectivity index (χ0v) is 25.7. The SMILES string of the molecule is CCCCCCCCCCC(CCCCCCCC)(CCCCCCCCCC)Oc1cccc(O)c1O. The number of benzene rings is 1. The third kappa shape index (κ3) is 16.6. The molecule has 0 spiro atoms. The summed E-state index contributed by atoms with van der Waals surface area (Å²) in [6, 6.07) is 5.15. The fourth-order valence-corrected chi connectivity index (χ4v) is 5.74. The predicted octanol–water partition coefficient (Wildman–Crippen LogP) is 12.0. The van der Waals surface area contributed by atoms with Gasteiger partial charge in [-0.05, 0) is 50.7 Å². The van der Waals surface area contributed by atoms with E-state index in [0.717, 1.165) is 19.3 Å². The number of phenols is 2. The number of rotatable bonds is 27. The predicted molar refractivity (Wildman–Crippen MR) is 166 cm³/mol. The number of hydrogen-bond acceptors (Lipinski definition) is 3. The van der Waals surface area contributed by atoms with Crippen LogP contribution < -0.4 is 4.74 Å². The van der Waals surface area contributed by atoms with Crippen molar-refractivity contribution in [2.24, 2.45) is 0 Å². The average Bonchev–Trinajstić information content (AvgIpc) is 2.92. The summed E-state index contributed by atoms with van der Waals surface area (Å²) >= 11 is 0. The van der Waals surface area contributed by atoms with Gasteiger partial charge in [0.25, 0.3) is 0 Å². The van der Waals surface area contributed by atoms with Crippen molar-refractivity contribution in [1.29, 1.82) is 0 Å². The molecule has 3 nitrogen and oxygen atoms in total. The molecular formula is C35H64O3. The van der Waals surface area contributed by atoms with E-state index in [4.69, 9.17) is 4.74 Å². The van der Waals surface area contributed by atoms with Crippen molar-refractivity contribution in [2.75, 3.05) is 0 Å². The molecule has 0 atom stereocenters. The first-order valence-corrected chi connectivity index (χ1v) is 16.8. The zero-order valence-electron chi connectivity index (χ0n) is 25.7. The Bertz CT molecular complexity index is 637. The van der Waals surface area contributed by atoms with Gasteiger partial charge in [0.15, 0.2) is 11.5 Å². The highest BCUT2D eigenvalue weighted by Gasteiger charge is 2.32. The molecule has 1 rings (SSSR count). The van der Waals surface area contributed by atoms with E-state index in [1.165, 1.54) is 147 Å². The lowest BCUT2D eigenvalue weighted by molar-refractivity contribution is 0.0305. The second-order valence-electron chi connectivity index (χ2n) is 11.9. The van der Waals surface area contributed by atoms with Gasteiger partial charge < -0.3 is 14.9 Å². The van der Waals surface area contributed by atoms with Gasteiger partial charge >= 0.3 is 0 Å². The Hall–Kier alpha value is -1.38. The van der Waals surface area contributed by atoms with Crippen molar-refractivity contribution in [2.45, 2.75) is 187 Å². The van der Waals surface area contributed by atoms with Crippen molar-refractivity contribution in [1.82, 2.24) is 0 Å². The quantitative estimate of drug-likeness (QED) is 0.0874. The second-order valence-corrected chi connectivity index (χ2v) is 11.9. The Morgan fingerprint density at radius 3 is 1.21 bits per heavy atom. The molecule has 0 fully saturated rings. The first-order valence-electron chi connectivity index (χ1n) is 16.8. The van der Waals surface area contributed by atoms with E-state index >= 15 is 0 Å². The van der Waals surface area contributed by atoms with E-state index in [2.05, 4.69) is 20.8 Å². The highest BCUT2D eigenvalue weighted by Crippen LogP contribution is 2.41. The van der Waals surface area contributed by atoms with Crippen LogP contribution in [-0.2, 0) is 0 Å². The summed E-state index contributed by atoms with van der Waals surface area (Å²) in [4.78, 5) is 0. The molecule has 0 heterocycles. The molecule has 0 radical (unpaired) electrons. The van der Waals surface area contributed by atoms with E-state index in [1.54, 1.807) is 6.07 Å². The van der Waals surface area contributed by atoms with Crippen molar-refractivity contribution >= 4 is 0 Å². The topological polar surface area (TPSA) is 49.7 Å². The van der Waals surface area contributed by atoms with E-state index in [1.807, 2.05) is 6.07 Å². The number of para-hydroxylation sites is 1. The molecule has 0 unspecified atom stereocenters. The van der Waals surface area contributed by atoms with Crippen molar-refractivity contribution in [3.8, 4) is 17.2 Å². The fourth-order valence-electron chi connectivity index (χ4n) is 5.74. The van der Waals surface area contributed by atoms with Crippen LogP contribution in [0.25, 0.3) is 0 Å². The van der Waals surface area contributed by atoms with E-state index in [-0.39, 0.29) is 17.1 Å². The molecule has 3 heteroatoms. The van der Waals surface area contributed by atoms with Crippen LogP contribution in [0.3, 0.4) is 0 Å². The summed E-state index contributed by atoms with van der Waals surface area (Å²) in [5, 5.41) is 20.7. The van der Waals surface area contributed by atoms with Crippen LogP contribution in [0.1, 0.15) is 181 Å². The molecule has 0 saturated carbocycles. The fraction of sp³-hybridized carbons (Fsp3) is 0.829. The summed E-state index contributed by atoms with van der Waals surface area (Å²) in [5.41, 5.74) is -0.250. The molecule has 0 aliphatic carbocycles. The Morgan fingerprint density at radius 1 is 0.500 bits per heavy atom. The summed E-state index contributed by atoms with van der Waals surface area (Å²) < 4.78 is 6.75. The smallest absolute Gasteiger partial charge is 0.200 e. The monoisotopic (exact) mass is 532 g/mol. The lowest BCUT2D eigenvalue weighted by atomic mass is 9.84. The molecule has 0 aromatic heterocycles. The molecule has 38 heavy (non-hydrogen) atoms. The summed E-state index contributed by atoms with van der Waals surface area (Å²) in [6.45, 7) is 6.83. The molecule has 1 aromatic carbocycles. The van der Waals surface area contributed by atoms with Crippen molar-refractivity contribution in [3.63, 3.8) is 0 Å². The Morgan fingerprint density at radius 2 is 0.842 bits per heavy atom. The van der Waals surface area contributed by atoms with Gasteiger partial charge in [-0.3, -0.25) is 0 Å². The number of unbranched alkanes of at least 4 members (excludes halogenated alkanes) is 19. The van der Waals surface area contributed by atoms with Crippen LogP contribution in [0.15, 0.2) is 18.2 Å². The van der Waals surface area contributed by atoms with E-state index in [0.29, 0.717) is 5.75 Å². The molecule has 0 aliphatic rings. The van der Waals surface area contributed by atoms with Gasteiger partial charge in [0.1, 0.15) is 5.60 Å². The minimum Gasteiger partial charge on any atom is -0.504 e. The number of aromatic hydroxyl groups is 2. The summed E-state index contributed by atoms with van der Waals surface area (Å²) in [5.74, 6) is 0.261. The molecule has 0 aliphatic heterocycles. The Kier molecular flexibility index (Phi) is 21.4. The maximum atomic E-state index is 10.6. The van der Waals surface area contributed by atoms with Gasteiger partial charge in [-0.25, -0.2) is 0 Å². The first-order chi connectivity index (χ1) is 18.6. The zero-order chi connectivity index (χ0) is 27.7. The van der Waals surface area contributed by atoms with Gasteiger partial charge in [0.05, 0.1) is 0 Å². The van der Waals surface area contributed by atoms with Crippen molar-refractivity contribution in [3.05, 3.63) is 18.2 Å². The van der Waals surface area contributed by atoms with Crippen molar-refractivity contribution < 1.29 is 14.9 Å². The molecule has 0 saturated heterocycles. The second kappa shape index (κ2) is 23.5. The van der Waals surface area contributed by atoms with Gasteiger partial charge in [0, 0.05) is 0 Å². The van der Waals surface area contributed by atoms with Crippen LogP contribution in [0, 0.1) is 0 Å². The average molecular weight is 533 g/mol. The number of phenolic OH excluding ortho intramolecular Hbond substituents is 2. The standard InChI is InChI=1S/C35H64O3/c1-4-7-10-13-16-18-21-24-30-35(29-23-20-15-12-9-6-3,31-25-22-19-17-14-11-8-5-2)38-33-28-26-27-32(36)34(33)37/h26-28,36-37H,4-25,29-31H2,1-3H3. The number of ether oxygens (including phenoxy) is 1. The highest BCUT2D eigenvalue weighted by atomic mass is 16.5. The molecule has 0 amide bonds. The van der Waals surface area contributed by atoms with Crippen LogP contribution in [0.5, 0.6) is 17.2 Å².